The van der Waals surface area contributed by atoms with Crippen molar-refractivity contribution in [1.82, 2.24) is 0 Å². The zero-order valence-electron chi connectivity index (χ0n) is 18.0. The normalized spacial score (nSPS) is 11.0. The lowest BCUT2D eigenvalue weighted by Crippen LogP contribution is -2.12. The molecule has 0 unspecified atom stereocenters. The van der Waals surface area contributed by atoms with Crippen molar-refractivity contribution in [3.05, 3.63) is 115 Å². The van der Waals surface area contributed by atoms with Gasteiger partial charge in [0, 0.05) is 29.6 Å². The first-order chi connectivity index (χ1) is 16.7. The number of rotatable bonds is 6. The molecule has 176 valence electrons. The molecule has 2 N–H and O–H groups in total. The van der Waals surface area contributed by atoms with Crippen molar-refractivity contribution in [2.24, 2.45) is 0 Å². The Bertz CT molecular complexity index is 1390. The van der Waals surface area contributed by atoms with E-state index in [1.807, 2.05) is 12.1 Å². The monoisotopic (exact) mass is 708 g/mol. The topological polar surface area (TPSA) is 92.3 Å². The summed E-state index contributed by atoms with van der Waals surface area (Å²) < 4.78 is 28.0. The second-order valence-corrected chi connectivity index (χ2v) is 11.9. The zero-order valence-corrected chi connectivity index (χ0v) is 23.2. The number of benzene rings is 4. The van der Waals surface area contributed by atoms with E-state index in [0.717, 1.165) is 7.14 Å². The molecule has 4 aromatic carbocycles. The number of amides is 2. The number of halogens is 2. The lowest BCUT2D eigenvalue weighted by atomic mass is 10.2. The minimum Gasteiger partial charge on any atom is -0.322 e. The van der Waals surface area contributed by atoms with Gasteiger partial charge in [-0.05, 0) is 130 Å². The van der Waals surface area contributed by atoms with E-state index in [4.69, 9.17) is 0 Å². The van der Waals surface area contributed by atoms with Crippen LogP contribution in [0, 0.1) is 7.14 Å². The van der Waals surface area contributed by atoms with Crippen LogP contribution in [0.15, 0.2) is 107 Å². The molecule has 2 amide bonds. The van der Waals surface area contributed by atoms with Crippen molar-refractivity contribution < 1.29 is 18.0 Å². The Balaban J connectivity index is 1.45. The number of carbonyl (C=O) groups excluding carboxylic acids is 2. The highest BCUT2D eigenvalue weighted by atomic mass is 127. The molecule has 0 aliphatic carbocycles. The summed E-state index contributed by atoms with van der Waals surface area (Å²) >= 11 is 4.26. The van der Waals surface area contributed by atoms with Crippen LogP contribution >= 0.6 is 45.2 Å². The van der Waals surface area contributed by atoms with Gasteiger partial charge in [0.25, 0.3) is 11.8 Å². The average molecular weight is 708 g/mol. The summed E-state index contributed by atoms with van der Waals surface area (Å²) in [5.41, 5.74) is 2.01. The quantitative estimate of drug-likeness (QED) is 0.233. The molecular weight excluding hydrogens is 690 g/mol. The van der Waals surface area contributed by atoms with Gasteiger partial charge in [-0.2, -0.15) is 0 Å². The van der Waals surface area contributed by atoms with Gasteiger partial charge in [-0.25, -0.2) is 8.42 Å². The molecule has 6 nitrogen and oxygen atoms in total. The van der Waals surface area contributed by atoms with E-state index >= 15 is 0 Å². The van der Waals surface area contributed by atoms with Gasteiger partial charge in [0.05, 0.1) is 9.79 Å². The molecule has 0 saturated carbocycles. The van der Waals surface area contributed by atoms with Crippen LogP contribution in [0.4, 0.5) is 11.4 Å². The number of nitrogens with one attached hydrogen (secondary N) is 2. The predicted molar refractivity (Wildman–Crippen MR) is 153 cm³/mol. The number of sulfone groups is 1. The molecule has 4 aromatic rings. The molecule has 0 fully saturated rings. The molecule has 0 radical (unpaired) electrons. The molecule has 0 heterocycles. The van der Waals surface area contributed by atoms with Crippen LogP contribution in [0.1, 0.15) is 20.7 Å². The summed E-state index contributed by atoms with van der Waals surface area (Å²) in [5, 5.41) is 5.54. The van der Waals surface area contributed by atoms with Gasteiger partial charge >= 0.3 is 0 Å². The Hall–Kier alpha value is -2.77. The lowest BCUT2D eigenvalue weighted by molar-refractivity contribution is 0.101. The lowest BCUT2D eigenvalue weighted by Gasteiger charge is -2.09. The first kappa shape index (κ1) is 25.3. The Morgan fingerprint density at radius 3 is 1.29 bits per heavy atom. The number of carbonyl (C=O) groups is 2. The van der Waals surface area contributed by atoms with Crippen molar-refractivity contribution in [3.8, 4) is 0 Å². The largest absolute Gasteiger partial charge is 0.322 e. The molecule has 0 aliphatic rings. The minimum absolute atomic E-state index is 0.0976. The van der Waals surface area contributed by atoms with Crippen LogP contribution < -0.4 is 10.6 Å². The van der Waals surface area contributed by atoms with Crippen LogP contribution in [-0.4, -0.2) is 20.2 Å². The summed E-state index contributed by atoms with van der Waals surface area (Å²) in [6.07, 6.45) is 0. The van der Waals surface area contributed by atoms with Crippen molar-refractivity contribution in [2.75, 3.05) is 10.6 Å². The smallest absolute Gasteiger partial charge is 0.255 e. The maximum absolute atomic E-state index is 13.0. The van der Waals surface area contributed by atoms with E-state index in [0.29, 0.717) is 22.5 Å². The second kappa shape index (κ2) is 10.9. The van der Waals surface area contributed by atoms with E-state index in [-0.39, 0.29) is 21.6 Å². The van der Waals surface area contributed by atoms with Crippen LogP contribution in [0.5, 0.6) is 0 Å². The Morgan fingerprint density at radius 2 is 0.943 bits per heavy atom. The molecular formula is C26H18I2N2O4S. The van der Waals surface area contributed by atoms with E-state index < -0.39 is 9.84 Å². The van der Waals surface area contributed by atoms with Gasteiger partial charge in [0.2, 0.25) is 9.84 Å². The predicted octanol–water partition coefficient (Wildman–Crippen LogP) is 6.23. The number of anilines is 2. The highest BCUT2D eigenvalue weighted by molar-refractivity contribution is 14.1. The third-order valence-corrected chi connectivity index (χ3v) is 8.15. The number of hydrogen-bond donors (Lipinski definition) is 2. The SMILES string of the molecule is O=C(Nc1ccc(S(=O)(=O)c2ccc(NC(=O)c3cccc(I)c3)cc2)cc1)c1cccc(I)c1. The Labute approximate surface area is 230 Å². The molecule has 0 saturated heterocycles. The highest BCUT2D eigenvalue weighted by Gasteiger charge is 2.18. The zero-order chi connectivity index (χ0) is 25.0. The van der Waals surface area contributed by atoms with Crippen molar-refractivity contribution in [3.63, 3.8) is 0 Å². The summed E-state index contributed by atoms with van der Waals surface area (Å²) in [6, 6.07) is 26.3. The standard InChI is InChI=1S/C26H18I2N2O4S/c27-19-5-1-3-17(15-19)25(31)29-21-7-11-23(12-8-21)35(33,34)24-13-9-22(10-14-24)30-26(32)18-4-2-6-20(28)16-18/h1-16H,(H,29,31)(H,30,32). The minimum atomic E-state index is -3.77. The van der Waals surface area contributed by atoms with Crippen LogP contribution in [0.3, 0.4) is 0 Å². The van der Waals surface area contributed by atoms with Gasteiger partial charge in [-0.15, -0.1) is 0 Å². The average Bonchev–Trinajstić information content (AvgIpc) is 2.85. The summed E-state index contributed by atoms with van der Waals surface area (Å²) in [5.74, 6) is -0.552. The molecule has 0 aliphatic heterocycles. The van der Waals surface area contributed by atoms with Gasteiger partial charge in [0.15, 0.2) is 0 Å². The highest BCUT2D eigenvalue weighted by Crippen LogP contribution is 2.24. The Kier molecular flexibility index (Phi) is 7.87. The van der Waals surface area contributed by atoms with Crippen molar-refractivity contribution in [2.45, 2.75) is 9.79 Å². The third-order valence-electron chi connectivity index (χ3n) is 5.02. The van der Waals surface area contributed by atoms with Crippen molar-refractivity contribution >= 4 is 78.2 Å². The number of hydrogen-bond acceptors (Lipinski definition) is 4. The molecule has 0 atom stereocenters. The van der Waals surface area contributed by atoms with Gasteiger partial charge in [0.1, 0.15) is 0 Å². The van der Waals surface area contributed by atoms with E-state index in [1.165, 1.54) is 24.3 Å². The summed E-state index contributed by atoms with van der Waals surface area (Å²) in [4.78, 5) is 25.0. The second-order valence-electron chi connectivity index (χ2n) is 7.48. The fourth-order valence-corrected chi connectivity index (χ4v) is 5.58. The van der Waals surface area contributed by atoms with Crippen molar-refractivity contribution in [1.29, 1.82) is 0 Å². The molecule has 0 spiro atoms. The molecule has 4 rings (SSSR count). The molecule has 0 aromatic heterocycles. The van der Waals surface area contributed by atoms with E-state index in [9.17, 15) is 18.0 Å². The van der Waals surface area contributed by atoms with Crippen LogP contribution in [-0.2, 0) is 9.84 Å². The first-order valence-electron chi connectivity index (χ1n) is 10.3. The Morgan fingerprint density at radius 1 is 0.571 bits per heavy atom. The van der Waals surface area contributed by atoms with E-state index in [1.54, 1.807) is 60.7 Å². The fourth-order valence-electron chi connectivity index (χ4n) is 3.24. The molecule has 9 heteroatoms. The third kappa shape index (κ3) is 6.27. The summed E-state index contributed by atoms with van der Waals surface area (Å²) in [6.45, 7) is 0. The van der Waals surface area contributed by atoms with Gasteiger partial charge in [-0.1, -0.05) is 12.1 Å². The van der Waals surface area contributed by atoms with Crippen LogP contribution in [0.25, 0.3) is 0 Å². The fraction of sp³-hybridized carbons (Fsp3) is 0. The summed E-state index contributed by atoms with van der Waals surface area (Å²) in [7, 11) is -3.77. The molecule has 0 bridgehead atoms. The maximum Gasteiger partial charge on any atom is 0.255 e. The maximum atomic E-state index is 13.0. The van der Waals surface area contributed by atoms with Gasteiger partial charge in [-0.3, -0.25) is 9.59 Å². The van der Waals surface area contributed by atoms with E-state index in [2.05, 4.69) is 55.8 Å². The molecule has 35 heavy (non-hydrogen) atoms. The first-order valence-corrected chi connectivity index (χ1v) is 14.0. The van der Waals surface area contributed by atoms with Crippen LogP contribution in [0.2, 0.25) is 0 Å². The van der Waals surface area contributed by atoms with Gasteiger partial charge < -0.3 is 10.6 Å².